The van der Waals surface area contributed by atoms with Crippen LogP contribution >= 0.6 is 11.6 Å². The molecule has 1 aliphatic heterocycles. The van der Waals surface area contributed by atoms with Crippen LogP contribution in [0.1, 0.15) is 24.9 Å². The van der Waals surface area contributed by atoms with E-state index in [-0.39, 0.29) is 21.9 Å². The van der Waals surface area contributed by atoms with Gasteiger partial charge in [-0.2, -0.15) is 0 Å². The monoisotopic (exact) mass is 327 g/mol. The molecule has 2 atom stereocenters. The number of benzene rings is 1. The second-order valence-electron chi connectivity index (χ2n) is 6.53. The van der Waals surface area contributed by atoms with Crippen molar-refractivity contribution in [2.75, 3.05) is 33.7 Å². The van der Waals surface area contributed by atoms with Crippen LogP contribution in [0.3, 0.4) is 0 Å². The van der Waals surface area contributed by atoms with Crippen molar-refractivity contribution in [3.05, 3.63) is 34.6 Å². The Kier molecular flexibility index (Phi) is 5.10. The van der Waals surface area contributed by atoms with Gasteiger partial charge in [-0.05, 0) is 44.6 Å². The summed E-state index contributed by atoms with van der Waals surface area (Å²) in [5.74, 6) is -0.588. The van der Waals surface area contributed by atoms with Gasteiger partial charge in [0.2, 0.25) is 5.91 Å². The molecule has 4 nitrogen and oxygen atoms in total. The lowest BCUT2D eigenvalue weighted by molar-refractivity contribution is -0.135. The van der Waals surface area contributed by atoms with E-state index in [0.717, 1.165) is 6.42 Å². The Morgan fingerprint density at radius 2 is 2.23 bits per heavy atom. The van der Waals surface area contributed by atoms with Crippen molar-refractivity contribution in [2.24, 2.45) is 11.1 Å². The summed E-state index contributed by atoms with van der Waals surface area (Å²) in [6, 6.07) is 3.75. The van der Waals surface area contributed by atoms with E-state index >= 15 is 0 Å². The molecule has 1 saturated heterocycles. The van der Waals surface area contributed by atoms with E-state index < -0.39 is 11.9 Å². The van der Waals surface area contributed by atoms with Crippen LogP contribution in [-0.4, -0.2) is 49.4 Å². The molecule has 1 aliphatic rings. The number of hydrogen-bond acceptors (Lipinski definition) is 3. The first-order valence-corrected chi connectivity index (χ1v) is 7.76. The zero-order chi connectivity index (χ0) is 16.5. The third kappa shape index (κ3) is 3.26. The van der Waals surface area contributed by atoms with Crippen LogP contribution in [0.25, 0.3) is 0 Å². The molecule has 1 fully saturated rings. The molecule has 2 rings (SSSR count). The topological polar surface area (TPSA) is 49.6 Å². The standard InChI is InChI=1S/C16H23ClFN3O/c1-16(9-19)7-8-21(10-16)15(22)14(20(2)3)13-11(17)5-4-6-12(13)18/h4-6,14H,7-10,19H2,1-3H3. The minimum absolute atomic E-state index is 0.0639. The second kappa shape index (κ2) is 6.52. The molecule has 0 saturated carbocycles. The number of nitrogens with two attached hydrogens (primary N) is 1. The van der Waals surface area contributed by atoms with Gasteiger partial charge in [-0.15, -0.1) is 0 Å². The second-order valence-corrected chi connectivity index (χ2v) is 6.93. The Morgan fingerprint density at radius 3 is 2.73 bits per heavy atom. The fourth-order valence-corrected chi connectivity index (χ4v) is 3.19. The smallest absolute Gasteiger partial charge is 0.244 e. The highest BCUT2D eigenvalue weighted by Crippen LogP contribution is 2.34. The van der Waals surface area contributed by atoms with Gasteiger partial charge in [0.15, 0.2) is 0 Å². The summed E-state index contributed by atoms with van der Waals surface area (Å²) in [6.07, 6.45) is 0.862. The quantitative estimate of drug-likeness (QED) is 0.923. The third-order valence-corrected chi connectivity index (χ3v) is 4.72. The van der Waals surface area contributed by atoms with E-state index in [1.54, 1.807) is 36.0 Å². The molecule has 0 aliphatic carbocycles. The highest BCUT2D eigenvalue weighted by atomic mass is 35.5. The molecule has 2 unspecified atom stereocenters. The molecular formula is C16H23ClFN3O. The Balaban J connectivity index is 2.32. The van der Waals surface area contributed by atoms with Crippen molar-refractivity contribution >= 4 is 17.5 Å². The summed E-state index contributed by atoms with van der Waals surface area (Å²) >= 11 is 6.15. The molecule has 1 heterocycles. The van der Waals surface area contributed by atoms with E-state index in [1.165, 1.54) is 6.07 Å². The molecule has 22 heavy (non-hydrogen) atoms. The fourth-order valence-electron chi connectivity index (χ4n) is 2.93. The van der Waals surface area contributed by atoms with E-state index in [9.17, 15) is 9.18 Å². The maximum Gasteiger partial charge on any atom is 0.244 e. The number of halogens is 2. The number of carbonyl (C=O) groups is 1. The Hall–Kier alpha value is -1.17. The van der Waals surface area contributed by atoms with Crippen molar-refractivity contribution in [3.63, 3.8) is 0 Å². The van der Waals surface area contributed by atoms with Crippen LogP contribution in [0.5, 0.6) is 0 Å². The van der Waals surface area contributed by atoms with E-state index in [1.807, 2.05) is 0 Å². The van der Waals surface area contributed by atoms with Crippen molar-refractivity contribution < 1.29 is 9.18 Å². The number of likely N-dealkylation sites (N-methyl/N-ethyl adjacent to an activating group) is 1. The van der Waals surface area contributed by atoms with Crippen molar-refractivity contribution in [1.82, 2.24) is 9.80 Å². The lowest BCUT2D eigenvalue weighted by Gasteiger charge is -2.30. The van der Waals surface area contributed by atoms with Gasteiger partial charge in [-0.1, -0.05) is 24.6 Å². The summed E-state index contributed by atoms with van der Waals surface area (Å²) in [7, 11) is 3.51. The molecule has 0 radical (unpaired) electrons. The van der Waals surface area contributed by atoms with Crippen LogP contribution in [0.4, 0.5) is 4.39 Å². The first-order chi connectivity index (χ1) is 10.3. The molecule has 6 heteroatoms. The zero-order valence-electron chi connectivity index (χ0n) is 13.3. The predicted octanol–water partition coefficient (Wildman–Crippen LogP) is 2.28. The SMILES string of the molecule is CN(C)C(C(=O)N1CCC(C)(CN)C1)c1c(F)cccc1Cl. The Morgan fingerprint density at radius 1 is 1.55 bits per heavy atom. The number of rotatable bonds is 4. The average molecular weight is 328 g/mol. The van der Waals surface area contributed by atoms with Gasteiger partial charge in [0.1, 0.15) is 11.9 Å². The molecule has 0 spiro atoms. The van der Waals surface area contributed by atoms with Crippen LogP contribution < -0.4 is 5.73 Å². The van der Waals surface area contributed by atoms with Crippen LogP contribution in [0, 0.1) is 11.2 Å². The van der Waals surface area contributed by atoms with Crippen molar-refractivity contribution in [2.45, 2.75) is 19.4 Å². The average Bonchev–Trinajstić information content (AvgIpc) is 2.85. The molecule has 0 bridgehead atoms. The summed E-state index contributed by atoms with van der Waals surface area (Å²) < 4.78 is 14.2. The maximum absolute atomic E-state index is 14.2. The summed E-state index contributed by atoms with van der Waals surface area (Å²) in [6.45, 7) is 3.84. The highest BCUT2D eigenvalue weighted by Gasteiger charge is 2.39. The number of nitrogens with zero attached hydrogens (tertiary/aromatic N) is 2. The minimum Gasteiger partial charge on any atom is -0.340 e. The van der Waals surface area contributed by atoms with Crippen LogP contribution in [0.15, 0.2) is 18.2 Å². The molecule has 2 N–H and O–H groups in total. The van der Waals surface area contributed by atoms with Gasteiger partial charge in [0.25, 0.3) is 0 Å². The van der Waals surface area contributed by atoms with Crippen LogP contribution in [0.2, 0.25) is 5.02 Å². The van der Waals surface area contributed by atoms with Gasteiger partial charge in [-0.25, -0.2) is 4.39 Å². The van der Waals surface area contributed by atoms with E-state index in [0.29, 0.717) is 19.6 Å². The van der Waals surface area contributed by atoms with Gasteiger partial charge in [-0.3, -0.25) is 9.69 Å². The first kappa shape index (κ1) is 17.2. The summed E-state index contributed by atoms with van der Waals surface area (Å²) in [5.41, 5.74) is 5.97. The molecule has 1 amide bonds. The third-order valence-electron chi connectivity index (χ3n) is 4.39. The molecular weight excluding hydrogens is 305 g/mol. The molecule has 0 aromatic heterocycles. The van der Waals surface area contributed by atoms with Gasteiger partial charge in [0.05, 0.1) is 0 Å². The maximum atomic E-state index is 14.2. The largest absolute Gasteiger partial charge is 0.340 e. The molecule has 1 aromatic carbocycles. The number of carbonyl (C=O) groups excluding carboxylic acids is 1. The van der Waals surface area contributed by atoms with Crippen molar-refractivity contribution in [3.8, 4) is 0 Å². The summed E-state index contributed by atoms with van der Waals surface area (Å²) in [5, 5.41) is 0.271. The Bertz CT molecular complexity index is 546. The summed E-state index contributed by atoms with van der Waals surface area (Å²) in [4.78, 5) is 16.4. The molecule has 1 aromatic rings. The lowest BCUT2D eigenvalue weighted by Crippen LogP contribution is -2.41. The van der Waals surface area contributed by atoms with Crippen LogP contribution in [-0.2, 0) is 4.79 Å². The Labute approximate surface area is 136 Å². The molecule has 122 valence electrons. The predicted molar refractivity (Wildman–Crippen MR) is 86.2 cm³/mol. The first-order valence-electron chi connectivity index (χ1n) is 7.38. The number of hydrogen-bond donors (Lipinski definition) is 1. The number of amides is 1. The van der Waals surface area contributed by atoms with Gasteiger partial charge < -0.3 is 10.6 Å². The zero-order valence-corrected chi connectivity index (χ0v) is 14.0. The van der Waals surface area contributed by atoms with Crippen molar-refractivity contribution in [1.29, 1.82) is 0 Å². The van der Waals surface area contributed by atoms with E-state index in [2.05, 4.69) is 6.92 Å². The highest BCUT2D eigenvalue weighted by molar-refractivity contribution is 6.31. The number of likely N-dealkylation sites (tertiary alicyclic amines) is 1. The van der Waals surface area contributed by atoms with Gasteiger partial charge in [0, 0.05) is 23.7 Å². The fraction of sp³-hybridized carbons (Fsp3) is 0.562. The van der Waals surface area contributed by atoms with E-state index in [4.69, 9.17) is 17.3 Å². The normalized spacial score (nSPS) is 23.1. The lowest BCUT2D eigenvalue weighted by atomic mass is 9.90. The van der Waals surface area contributed by atoms with Gasteiger partial charge >= 0.3 is 0 Å². The minimum atomic E-state index is -0.728.